The number of amides is 2. The van der Waals surface area contributed by atoms with Gasteiger partial charge < -0.3 is 16.2 Å². The molecule has 1 rings (SSSR count). The molecule has 0 bridgehead atoms. The van der Waals surface area contributed by atoms with Crippen LogP contribution >= 0.6 is 11.3 Å². The van der Waals surface area contributed by atoms with E-state index in [9.17, 15) is 9.59 Å². The third-order valence-electron chi connectivity index (χ3n) is 2.38. The Morgan fingerprint density at radius 3 is 2.80 bits per heavy atom. The molecule has 0 saturated heterocycles. The van der Waals surface area contributed by atoms with Gasteiger partial charge in [0.1, 0.15) is 0 Å². The first-order valence-electron chi connectivity index (χ1n) is 6.13. The van der Waals surface area contributed by atoms with Gasteiger partial charge in [-0.2, -0.15) is 0 Å². The molecule has 0 fully saturated rings. The molecule has 0 aliphatic rings. The van der Waals surface area contributed by atoms with Crippen molar-refractivity contribution in [2.24, 2.45) is 5.73 Å². The molecule has 0 unspecified atom stereocenters. The minimum absolute atomic E-state index is 0.0209. The van der Waals surface area contributed by atoms with Gasteiger partial charge in [0.15, 0.2) is 0 Å². The molecule has 5 nitrogen and oxygen atoms in total. The third kappa shape index (κ3) is 5.43. The van der Waals surface area contributed by atoms with Crippen LogP contribution in [0.3, 0.4) is 0 Å². The second-order valence-corrected chi connectivity index (χ2v) is 5.87. The summed E-state index contributed by atoms with van der Waals surface area (Å²) in [5, 5.41) is 13.1. The molecule has 108 valence electrons. The zero-order valence-electron chi connectivity index (χ0n) is 11.5. The van der Waals surface area contributed by atoms with Crippen LogP contribution in [0.1, 0.15) is 41.9 Å². The lowest BCUT2D eigenvalue weighted by molar-refractivity contribution is -0.119. The molecule has 0 aromatic carbocycles. The first-order valence-corrected chi connectivity index (χ1v) is 7.01. The number of hydrogen-bond donors (Lipinski definition) is 3. The Hall–Kier alpha value is -1.84. The quantitative estimate of drug-likeness (QED) is 0.703. The van der Waals surface area contributed by atoms with Gasteiger partial charge in [0, 0.05) is 23.8 Å². The molecule has 0 aliphatic heterocycles. The largest absolute Gasteiger partial charge is 0.395 e. The number of aliphatic hydroxyl groups excluding tert-OH is 1. The maximum absolute atomic E-state index is 12.0. The molecular weight excluding hydrogens is 276 g/mol. The van der Waals surface area contributed by atoms with E-state index in [0.717, 1.165) is 4.88 Å². The highest BCUT2D eigenvalue weighted by Gasteiger charge is 2.23. The molecule has 4 N–H and O–H groups in total. The number of nitrogens with one attached hydrogen (secondary N) is 1. The van der Waals surface area contributed by atoms with E-state index in [4.69, 9.17) is 10.8 Å². The summed E-state index contributed by atoms with van der Waals surface area (Å²) in [4.78, 5) is 23.7. The minimum Gasteiger partial charge on any atom is -0.395 e. The molecule has 1 aromatic rings. The Morgan fingerprint density at radius 2 is 2.20 bits per heavy atom. The Morgan fingerprint density at radius 1 is 1.50 bits per heavy atom. The fourth-order valence-electron chi connectivity index (χ4n) is 1.59. The summed E-state index contributed by atoms with van der Waals surface area (Å²) >= 11 is 1.36. The van der Waals surface area contributed by atoms with Gasteiger partial charge in [-0.05, 0) is 19.9 Å². The van der Waals surface area contributed by atoms with Gasteiger partial charge >= 0.3 is 0 Å². The van der Waals surface area contributed by atoms with Gasteiger partial charge in [0.2, 0.25) is 5.91 Å². The molecule has 1 aromatic heterocycles. The average molecular weight is 294 g/mol. The Balaban J connectivity index is 2.69. The highest BCUT2D eigenvalue weighted by Crippen LogP contribution is 2.15. The predicted molar refractivity (Wildman–Crippen MR) is 78.3 cm³/mol. The maximum Gasteiger partial charge on any atom is 0.252 e. The van der Waals surface area contributed by atoms with Crippen LogP contribution in [0.2, 0.25) is 0 Å². The summed E-state index contributed by atoms with van der Waals surface area (Å²) < 4.78 is 0. The molecule has 0 spiro atoms. The number of carbonyl (C=O) groups is 2. The van der Waals surface area contributed by atoms with Crippen molar-refractivity contribution in [3.63, 3.8) is 0 Å². The zero-order chi connectivity index (χ0) is 15.2. The van der Waals surface area contributed by atoms with Crippen molar-refractivity contribution in [1.82, 2.24) is 5.32 Å². The molecule has 0 aliphatic carbocycles. The van der Waals surface area contributed by atoms with Gasteiger partial charge in [-0.15, -0.1) is 11.3 Å². The van der Waals surface area contributed by atoms with Crippen molar-refractivity contribution >= 4 is 23.2 Å². The number of aliphatic hydroxyl groups is 1. The summed E-state index contributed by atoms with van der Waals surface area (Å²) in [5.41, 5.74) is 4.95. The molecule has 0 atom stereocenters. The monoisotopic (exact) mass is 294 g/mol. The van der Waals surface area contributed by atoms with E-state index in [1.807, 2.05) is 0 Å². The first-order chi connectivity index (χ1) is 9.34. The summed E-state index contributed by atoms with van der Waals surface area (Å²) in [6, 6.07) is 1.69. The number of nitrogens with two attached hydrogens (primary N) is 1. The van der Waals surface area contributed by atoms with E-state index < -0.39 is 11.4 Å². The molecule has 20 heavy (non-hydrogen) atoms. The lowest BCUT2D eigenvalue weighted by Gasteiger charge is -2.24. The minimum atomic E-state index is -0.687. The lowest BCUT2D eigenvalue weighted by Crippen LogP contribution is -2.45. The molecule has 1 heterocycles. The molecule has 2 amide bonds. The van der Waals surface area contributed by atoms with Crippen molar-refractivity contribution < 1.29 is 14.7 Å². The average Bonchev–Trinajstić information content (AvgIpc) is 2.75. The van der Waals surface area contributed by atoms with Gasteiger partial charge in [0.25, 0.3) is 5.91 Å². The zero-order valence-corrected chi connectivity index (χ0v) is 12.3. The van der Waals surface area contributed by atoms with Crippen LogP contribution in [0.4, 0.5) is 0 Å². The standard InChI is InChI=1S/C14H18N2O3S/c1-14(2,8-12(15)18)16-13(19)10-7-11(20-9-10)5-3-4-6-17/h7,9,17H,4,6,8H2,1-2H3,(H2,15,18)(H,16,19). The van der Waals surface area contributed by atoms with Crippen LogP contribution in [0.5, 0.6) is 0 Å². The molecular formula is C14H18N2O3S. The predicted octanol–water partition coefficient (Wildman–Crippen LogP) is 0.866. The summed E-state index contributed by atoms with van der Waals surface area (Å²) in [7, 11) is 0. The smallest absolute Gasteiger partial charge is 0.252 e. The first kappa shape index (κ1) is 16.2. The van der Waals surface area contributed by atoms with E-state index in [2.05, 4.69) is 17.2 Å². The van der Waals surface area contributed by atoms with E-state index in [1.165, 1.54) is 11.3 Å². The second-order valence-electron chi connectivity index (χ2n) is 4.96. The van der Waals surface area contributed by atoms with Crippen LogP contribution in [-0.4, -0.2) is 29.1 Å². The fourth-order valence-corrected chi connectivity index (χ4v) is 2.34. The summed E-state index contributed by atoms with van der Waals surface area (Å²) in [6.45, 7) is 3.50. The van der Waals surface area contributed by atoms with Gasteiger partial charge in [-0.1, -0.05) is 11.8 Å². The number of thiophene rings is 1. The number of carbonyl (C=O) groups excluding carboxylic acids is 2. The molecule has 6 heteroatoms. The number of hydrogen-bond acceptors (Lipinski definition) is 4. The lowest BCUT2D eigenvalue weighted by atomic mass is 10.00. The van der Waals surface area contributed by atoms with Crippen molar-refractivity contribution in [2.45, 2.75) is 32.2 Å². The topological polar surface area (TPSA) is 92.4 Å². The normalized spacial score (nSPS) is 10.6. The van der Waals surface area contributed by atoms with Crippen molar-refractivity contribution in [1.29, 1.82) is 0 Å². The van der Waals surface area contributed by atoms with Gasteiger partial charge in [-0.25, -0.2) is 0 Å². The molecule has 0 radical (unpaired) electrons. The van der Waals surface area contributed by atoms with Crippen LogP contribution < -0.4 is 11.1 Å². The fraction of sp³-hybridized carbons (Fsp3) is 0.429. The summed E-state index contributed by atoms with van der Waals surface area (Å²) in [5.74, 6) is 4.94. The van der Waals surface area contributed by atoms with Gasteiger partial charge in [-0.3, -0.25) is 9.59 Å². The molecule has 0 saturated carbocycles. The highest BCUT2D eigenvalue weighted by molar-refractivity contribution is 7.10. The van der Waals surface area contributed by atoms with Gasteiger partial charge in [0.05, 0.1) is 17.0 Å². The number of rotatable bonds is 5. The highest BCUT2D eigenvalue weighted by atomic mass is 32.1. The van der Waals surface area contributed by atoms with Crippen molar-refractivity contribution in [3.8, 4) is 11.8 Å². The Labute approximate surface area is 122 Å². The Kier molecular flexibility index (Phi) is 5.74. The van der Waals surface area contributed by atoms with Crippen molar-refractivity contribution in [3.05, 3.63) is 21.9 Å². The Bertz CT molecular complexity index is 552. The van der Waals surface area contributed by atoms with Crippen molar-refractivity contribution in [2.75, 3.05) is 6.61 Å². The second kappa shape index (κ2) is 7.08. The van der Waals surface area contributed by atoms with Crippen LogP contribution in [0, 0.1) is 11.8 Å². The van der Waals surface area contributed by atoms with Crippen LogP contribution in [0.25, 0.3) is 0 Å². The van der Waals surface area contributed by atoms with E-state index in [0.29, 0.717) is 12.0 Å². The van der Waals surface area contributed by atoms with E-state index >= 15 is 0 Å². The SMILES string of the molecule is CC(C)(CC(N)=O)NC(=O)c1csc(C#CCCO)c1. The van der Waals surface area contributed by atoms with Crippen LogP contribution in [0.15, 0.2) is 11.4 Å². The van der Waals surface area contributed by atoms with E-state index in [1.54, 1.807) is 25.3 Å². The summed E-state index contributed by atoms with van der Waals surface area (Å²) in [6.07, 6.45) is 0.483. The number of primary amides is 1. The third-order valence-corrected chi connectivity index (χ3v) is 3.22. The van der Waals surface area contributed by atoms with E-state index in [-0.39, 0.29) is 18.9 Å². The van der Waals surface area contributed by atoms with Crippen LogP contribution in [-0.2, 0) is 4.79 Å². The maximum atomic E-state index is 12.0.